The SMILES string of the molecule is [C-]#[N+]c1[nH]bc(C#N)c1[N+]#[C-]. The van der Waals surface area contributed by atoms with Crippen molar-refractivity contribution in [3.05, 3.63) is 28.3 Å². The molecule has 0 saturated heterocycles. The molecule has 1 aromatic heterocycles. The molecule has 0 fully saturated rings. The van der Waals surface area contributed by atoms with Crippen LogP contribution in [0.25, 0.3) is 9.69 Å². The van der Waals surface area contributed by atoms with Gasteiger partial charge in [0, 0.05) is 0 Å². The number of H-pyrrole nitrogens is 1. The molecule has 11 heavy (non-hydrogen) atoms. The Bertz CT molecular complexity index is 366. The number of aromatic amines is 1. The van der Waals surface area contributed by atoms with E-state index in [0.29, 0.717) is 0 Å². The van der Waals surface area contributed by atoms with Gasteiger partial charge >= 0.3 is 63.1 Å². The number of nitriles is 1. The van der Waals surface area contributed by atoms with Gasteiger partial charge in [0.15, 0.2) is 0 Å². The summed E-state index contributed by atoms with van der Waals surface area (Å²) in [5, 5.41) is 8.44. The molecule has 0 atom stereocenters. The molecule has 0 radical (unpaired) electrons. The number of hydrogen-bond donors (Lipinski definition) is 1. The van der Waals surface area contributed by atoms with Crippen LogP contribution in [0.5, 0.6) is 0 Å². The topological polar surface area (TPSA) is 48.3 Å². The van der Waals surface area contributed by atoms with Gasteiger partial charge in [-0.05, 0) is 0 Å². The summed E-state index contributed by atoms with van der Waals surface area (Å²) in [6.07, 6.45) is 0. The van der Waals surface area contributed by atoms with Crippen LogP contribution in [-0.2, 0) is 0 Å². The maximum absolute atomic E-state index is 8.44. The van der Waals surface area contributed by atoms with Crippen molar-refractivity contribution >= 4 is 18.6 Å². The van der Waals surface area contributed by atoms with Gasteiger partial charge in [0.1, 0.15) is 0 Å². The van der Waals surface area contributed by atoms with Crippen molar-refractivity contribution in [3.63, 3.8) is 0 Å². The van der Waals surface area contributed by atoms with E-state index in [9.17, 15) is 0 Å². The first-order valence-corrected chi connectivity index (χ1v) is 2.70. The van der Waals surface area contributed by atoms with Crippen LogP contribution >= 0.6 is 0 Å². The van der Waals surface area contributed by atoms with Crippen LogP contribution in [0.3, 0.4) is 0 Å². The summed E-state index contributed by atoms with van der Waals surface area (Å²) >= 11 is 0. The second kappa shape index (κ2) is 2.69. The number of nitrogens with one attached hydrogen (secondary N) is 1. The molecule has 1 heterocycles. The first kappa shape index (κ1) is 7.06. The van der Waals surface area contributed by atoms with Gasteiger partial charge in [-0.2, -0.15) is 0 Å². The Hall–Kier alpha value is -2.06. The van der Waals surface area contributed by atoms with Crippen LogP contribution in [0, 0.1) is 24.5 Å². The monoisotopic (exact) mass is 140 g/mol. The quantitative estimate of drug-likeness (QED) is 0.542. The van der Waals surface area contributed by atoms with Gasteiger partial charge < -0.3 is 0 Å². The van der Waals surface area contributed by atoms with Gasteiger partial charge in [-0.25, -0.2) is 0 Å². The normalized spacial score (nSPS) is 7.36. The Balaban J connectivity index is 3.41. The Morgan fingerprint density at radius 2 is 2.18 bits per heavy atom. The summed E-state index contributed by atoms with van der Waals surface area (Å²) in [5.41, 5.74) is 0.341. The molecule has 0 bridgehead atoms. The second-order valence-corrected chi connectivity index (χ2v) is 1.73. The van der Waals surface area contributed by atoms with Crippen molar-refractivity contribution in [1.82, 2.24) is 4.89 Å². The van der Waals surface area contributed by atoms with Gasteiger partial charge in [0.05, 0.1) is 0 Å². The van der Waals surface area contributed by atoms with E-state index in [4.69, 9.17) is 18.4 Å². The number of aromatic nitrogens is 1. The van der Waals surface area contributed by atoms with E-state index in [0.717, 1.165) is 0 Å². The molecule has 4 nitrogen and oxygen atoms in total. The van der Waals surface area contributed by atoms with Gasteiger partial charge in [0.25, 0.3) is 0 Å². The Morgan fingerprint density at radius 1 is 1.45 bits per heavy atom. The number of nitrogens with zero attached hydrogens (tertiary/aromatic N) is 3. The summed E-state index contributed by atoms with van der Waals surface area (Å²) < 4.78 is 0. The molecule has 0 aliphatic heterocycles. The van der Waals surface area contributed by atoms with Crippen molar-refractivity contribution in [2.75, 3.05) is 0 Å². The average molecular weight is 140 g/mol. The van der Waals surface area contributed by atoms with E-state index in [-0.39, 0.29) is 17.0 Å². The van der Waals surface area contributed by atoms with E-state index in [1.165, 1.54) is 7.05 Å². The molecule has 0 amide bonds. The third kappa shape index (κ3) is 0.978. The maximum atomic E-state index is 8.44. The molecule has 0 aromatic carbocycles. The van der Waals surface area contributed by atoms with Crippen molar-refractivity contribution in [1.29, 1.82) is 5.26 Å². The van der Waals surface area contributed by atoms with Gasteiger partial charge in [0.2, 0.25) is 0 Å². The molecule has 5 heteroatoms. The zero-order chi connectivity index (χ0) is 8.27. The summed E-state index contributed by atoms with van der Waals surface area (Å²) in [7, 11) is 1.36. The van der Waals surface area contributed by atoms with Crippen LogP contribution in [0.15, 0.2) is 0 Å². The molecule has 1 aromatic rings. The van der Waals surface area contributed by atoms with Gasteiger partial charge in [-0.15, -0.1) is 0 Å². The molecular formula is C6HBN4. The van der Waals surface area contributed by atoms with Crippen LogP contribution in [-0.4, -0.2) is 11.9 Å². The van der Waals surface area contributed by atoms with Crippen LogP contribution in [0.4, 0.5) is 11.5 Å². The first-order chi connectivity index (χ1) is 5.33. The van der Waals surface area contributed by atoms with Crippen molar-refractivity contribution in [3.8, 4) is 6.07 Å². The fourth-order valence-electron chi connectivity index (χ4n) is 0.688. The molecule has 0 aliphatic carbocycles. The molecule has 0 unspecified atom stereocenters. The zero-order valence-corrected chi connectivity index (χ0v) is 5.42. The van der Waals surface area contributed by atoms with E-state index in [2.05, 4.69) is 14.6 Å². The van der Waals surface area contributed by atoms with E-state index < -0.39 is 0 Å². The standard InChI is InChI=1S/C6HBN4/c1-9-5-4(3-8)7-11-6(5)10-2/h11H. The Morgan fingerprint density at radius 3 is 2.64 bits per heavy atom. The van der Waals surface area contributed by atoms with E-state index in [1.54, 1.807) is 0 Å². The fourth-order valence-corrected chi connectivity index (χ4v) is 0.688. The van der Waals surface area contributed by atoms with E-state index >= 15 is 0 Å². The predicted octanol–water partition coefficient (Wildman–Crippen LogP) is 1.33. The summed E-state index contributed by atoms with van der Waals surface area (Å²) in [4.78, 5) is 8.63. The van der Waals surface area contributed by atoms with Crippen LogP contribution in [0.2, 0.25) is 0 Å². The van der Waals surface area contributed by atoms with Crippen molar-refractivity contribution in [2.45, 2.75) is 0 Å². The Kier molecular flexibility index (Phi) is 1.72. The number of hydrogen-bond acceptors (Lipinski definition) is 1. The van der Waals surface area contributed by atoms with Crippen molar-refractivity contribution < 1.29 is 0 Å². The van der Waals surface area contributed by atoms with Gasteiger partial charge in [-0.1, -0.05) is 0 Å². The Labute approximate surface area is 64.0 Å². The molecule has 0 aliphatic rings. The summed E-state index contributed by atoms with van der Waals surface area (Å²) in [6, 6.07) is 1.81. The summed E-state index contributed by atoms with van der Waals surface area (Å²) in [5.74, 6) is 0.136. The number of rotatable bonds is 0. The molecular weight excluding hydrogens is 139 g/mol. The van der Waals surface area contributed by atoms with E-state index in [1.807, 2.05) is 6.07 Å². The minimum absolute atomic E-state index is 0.113. The molecule has 1 rings (SSSR count). The molecule has 48 valence electrons. The second-order valence-electron chi connectivity index (χ2n) is 1.73. The van der Waals surface area contributed by atoms with Crippen molar-refractivity contribution in [2.24, 2.45) is 0 Å². The van der Waals surface area contributed by atoms with Gasteiger partial charge in [-0.3, -0.25) is 0 Å². The minimum atomic E-state index is 0.113. The zero-order valence-electron chi connectivity index (χ0n) is 5.42. The fraction of sp³-hybridized carbons (Fsp3) is 0. The molecule has 0 spiro atoms. The third-order valence-electron chi connectivity index (χ3n) is 1.18. The first-order valence-electron chi connectivity index (χ1n) is 2.70. The van der Waals surface area contributed by atoms with Crippen LogP contribution in [0.1, 0.15) is 5.46 Å². The molecule has 0 saturated carbocycles. The average Bonchev–Trinajstić information content (AvgIpc) is 2.45. The molecule has 1 N–H and O–H groups in total. The van der Waals surface area contributed by atoms with Crippen LogP contribution < -0.4 is 0 Å². The third-order valence-corrected chi connectivity index (χ3v) is 1.18. The summed E-state index contributed by atoms with van der Waals surface area (Å²) in [6.45, 7) is 13.3. The predicted molar refractivity (Wildman–Crippen MR) is 39.4 cm³/mol.